The molecule has 1 aromatic carbocycles. The van der Waals surface area contributed by atoms with E-state index < -0.39 is 5.60 Å². The molecule has 4 aromatic rings. The van der Waals surface area contributed by atoms with Gasteiger partial charge in [-0.2, -0.15) is 5.10 Å². The van der Waals surface area contributed by atoms with E-state index in [0.29, 0.717) is 12.2 Å². The standard InChI is InChI=1S/C22H21N5O3/c1-3-27-20-17(13-24-27)10-16(12-23-20)14-5-4-6-15(9-14)18-11-19(30-25-18)22(29)7-8-26(2)21(22)28/h4-6,9-13,29H,3,7-8H2,1-2H3/t22-/m1/s1. The average molecular weight is 403 g/mol. The third-order valence-corrected chi connectivity index (χ3v) is 5.69. The molecule has 0 unspecified atom stereocenters. The third-order valence-electron chi connectivity index (χ3n) is 5.69. The molecule has 1 fully saturated rings. The minimum atomic E-state index is -1.65. The van der Waals surface area contributed by atoms with Gasteiger partial charge in [0.05, 0.1) is 6.20 Å². The number of hydrogen-bond acceptors (Lipinski definition) is 6. The number of carbonyl (C=O) groups excluding carboxylic acids is 1. The Morgan fingerprint density at radius 1 is 1.17 bits per heavy atom. The summed E-state index contributed by atoms with van der Waals surface area (Å²) in [5.41, 5.74) is 2.55. The molecule has 8 nitrogen and oxygen atoms in total. The monoisotopic (exact) mass is 403 g/mol. The second-order valence-corrected chi connectivity index (χ2v) is 7.59. The normalized spacial score (nSPS) is 19.2. The predicted octanol–water partition coefficient (Wildman–Crippen LogP) is 2.82. The van der Waals surface area contributed by atoms with Crippen LogP contribution in [-0.2, 0) is 16.9 Å². The molecule has 0 radical (unpaired) electrons. The number of aryl methyl sites for hydroxylation is 1. The summed E-state index contributed by atoms with van der Waals surface area (Å²) in [4.78, 5) is 18.4. The lowest BCUT2D eigenvalue weighted by atomic mass is 9.97. The van der Waals surface area contributed by atoms with Crippen molar-refractivity contribution in [2.24, 2.45) is 0 Å². The van der Waals surface area contributed by atoms with Gasteiger partial charge in [0.1, 0.15) is 5.69 Å². The number of likely N-dealkylation sites (N-methyl/N-ethyl adjacent to an activating group) is 1. The van der Waals surface area contributed by atoms with Crippen LogP contribution in [0.5, 0.6) is 0 Å². The maximum atomic E-state index is 12.3. The summed E-state index contributed by atoms with van der Waals surface area (Å²) in [6.07, 6.45) is 3.94. The summed E-state index contributed by atoms with van der Waals surface area (Å²) in [5.74, 6) is -0.196. The molecule has 3 aromatic heterocycles. The van der Waals surface area contributed by atoms with Crippen LogP contribution in [0.25, 0.3) is 33.4 Å². The molecule has 152 valence electrons. The first-order valence-electron chi connectivity index (χ1n) is 9.87. The van der Waals surface area contributed by atoms with Crippen molar-refractivity contribution in [3.8, 4) is 22.4 Å². The first kappa shape index (κ1) is 18.5. The van der Waals surface area contributed by atoms with E-state index in [1.807, 2.05) is 48.3 Å². The van der Waals surface area contributed by atoms with Gasteiger partial charge in [0.2, 0.25) is 5.60 Å². The molecule has 5 rings (SSSR count). The Labute approximate surface area is 172 Å². The molecule has 0 bridgehead atoms. The Bertz CT molecular complexity index is 1260. The zero-order valence-electron chi connectivity index (χ0n) is 16.7. The van der Waals surface area contributed by atoms with Crippen LogP contribution in [-0.4, -0.2) is 49.4 Å². The van der Waals surface area contributed by atoms with E-state index in [1.165, 1.54) is 4.90 Å². The molecule has 4 heterocycles. The molecule has 1 N–H and O–H groups in total. The van der Waals surface area contributed by atoms with E-state index >= 15 is 0 Å². The maximum Gasteiger partial charge on any atom is 0.262 e. The zero-order valence-corrected chi connectivity index (χ0v) is 16.7. The second kappa shape index (κ2) is 6.77. The first-order chi connectivity index (χ1) is 14.5. The predicted molar refractivity (Wildman–Crippen MR) is 110 cm³/mol. The van der Waals surface area contributed by atoms with Crippen molar-refractivity contribution in [2.45, 2.75) is 25.5 Å². The molecule has 1 saturated heterocycles. The lowest BCUT2D eigenvalue weighted by Crippen LogP contribution is -2.35. The molecular formula is C22H21N5O3. The van der Waals surface area contributed by atoms with Crippen LogP contribution in [0.4, 0.5) is 0 Å². The van der Waals surface area contributed by atoms with Crippen molar-refractivity contribution < 1.29 is 14.4 Å². The second-order valence-electron chi connectivity index (χ2n) is 7.59. The SMILES string of the molecule is CCn1ncc2cc(-c3cccc(-c4cc([C@]5(O)CCN(C)C5=O)on4)c3)cnc21. The lowest BCUT2D eigenvalue weighted by molar-refractivity contribution is -0.144. The number of nitrogens with zero attached hydrogens (tertiary/aromatic N) is 5. The number of fused-ring (bicyclic) bond motifs is 1. The van der Waals surface area contributed by atoms with E-state index in [1.54, 1.807) is 13.1 Å². The highest BCUT2D eigenvalue weighted by atomic mass is 16.5. The number of hydrogen-bond donors (Lipinski definition) is 1. The average Bonchev–Trinajstić information content (AvgIpc) is 3.49. The number of rotatable bonds is 4. The highest BCUT2D eigenvalue weighted by molar-refractivity contribution is 5.88. The molecule has 0 saturated carbocycles. The van der Waals surface area contributed by atoms with Gasteiger partial charge in [0.25, 0.3) is 5.91 Å². The Balaban J connectivity index is 1.49. The molecule has 1 atom stereocenters. The fourth-order valence-electron chi connectivity index (χ4n) is 3.91. The number of likely N-dealkylation sites (tertiary alicyclic amines) is 1. The number of pyridine rings is 1. The Morgan fingerprint density at radius 3 is 2.77 bits per heavy atom. The Morgan fingerprint density at radius 2 is 2.00 bits per heavy atom. The smallest absolute Gasteiger partial charge is 0.262 e. The Kier molecular flexibility index (Phi) is 4.18. The van der Waals surface area contributed by atoms with E-state index in [0.717, 1.165) is 34.3 Å². The third kappa shape index (κ3) is 2.80. The Hall–Kier alpha value is -3.52. The van der Waals surface area contributed by atoms with Crippen LogP contribution < -0.4 is 0 Å². The van der Waals surface area contributed by atoms with Gasteiger partial charge < -0.3 is 14.5 Å². The van der Waals surface area contributed by atoms with Crippen LogP contribution in [0.1, 0.15) is 19.1 Å². The highest BCUT2D eigenvalue weighted by Gasteiger charge is 2.48. The lowest BCUT2D eigenvalue weighted by Gasteiger charge is -2.16. The molecule has 1 amide bonds. The first-order valence-corrected chi connectivity index (χ1v) is 9.87. The fraction of sp³-hybridized carbons (Fsp3) is 0.273. The molecule has 8 heteroatoms. The van der Waals surface area contributed by atoms with E-state index in [2.05, 4.69) is 21.3 Å². The van der Waals surface area contributed by atoms with Crippen LogP contribution >= 0.6 is 0 Å². The fourth-order valence-corrected chi connectivity index (χ4v) is 3.91. The van der Waals surface area contributed by atoms with Crippen molar-refractivity contribution in [3.05, 3.63) is 54.6 Å². The number of aliphatic hydroxyl groups is 1. The summed E-state index contributed by atoms with van der Waals surface area (Å²) in [5, 5.41) is 20.2. The molecule has 1 aliphatic rings. The quantitative estimate of drug-likeness (QED) is 0.563. The molecule has 0 spiro atoms. The van der Waals surface area contributed by atoms with Crippen LogP contribution in [0, 0.1) is 0 Å². The summed E-state index contributed by atoms with van der Waals surface area (Å²) < 4.78 is 7.23. The van der Waals surface area contributed by atoms with Gasteiger partial charge in [0.15, 0.2) is 11.4 Å². The zero-order chi connectivity index (χ0) is 20.9. The van der Waals surface area contributed by atoms with Gasteiger partial charge in [-0.3, -0.25) is 4.79 Å². The van der Waals surface area contributed by atoms with E-state index in [4.69, 9.17) is 4.52 Å². The van der Waals surface area contributed by atoms with Gasteiger partial charge in [-0.05, 0) is 24.6 Å². The molecule has 0 aliphatic carbocycles. The van der Waals surface area contributed by atoms with E-state index in [-0.39, 0.29) is 18.1 Å². The minimum Gasteiger partial charge on any atom is -0.373 e. The van der Waals surface area contributed by atoms with Crippen LogP contribution in [0.3, 0.4) is 0 Å². The van der Waals surface area contributed by atoms with Gasteiger partial charge in [-0.1, -0.05) is 23.4 Å². The maximum absolute atomic E-state index is 12.3. The summed E-state index contributed by atoms with van der Waals surface area (Å²) in [6.45, 7) is 3.28. The number of carbonyl (C=O) groups is 1. The van der Waals surface area contributed by atoms with Crippen molar-refractivity contribution in [1.82, 2.24) is 24.8 Å². The molecule has 1 aliphatic heterocycles. The van der Waals surface area contributed by atoms with Gasteiger partial charge in [0, 0.05) is 55.3 Å². The summed E-state index contributed by atoms with van der Waals surface area (Å²) >= 11 is 0. The van der Waals surface area contributed by atoms with Crippen molar-refractivity contribution >= 4 is 16.9 Å². The van der Waals surface area contributed by atoms with Gasteiger partial charge in [-0.15, -0.1) is 0 Å². The van der Waals surface area contributed by atoms with Crippen LogP contribution in [0.15, 0.2) is 53.3 Å². The topological polar surface area (TPSA) is 97.3 Å². The minimum absolute atomic E-state index is 0.173. The van der Waals surface area contributed by atoms with Crippen LogP contribution in [0.2, 0.25) is 0 Å². The number of amides is 1. The molecular weight excluding hydrogens is 382 g/mol. The van der Waals surface area contributed by atoms with Crippen molar-refractivity contribution in [2.75, 3.05) is 13.6 Å². The van der Waals surface area contributed by atoms with Gasteiger partial charge in [-0.25, -0.2) is 9.67 Å². The number of aromatic nitrogens is 4. The van der Waals surface area contributed by atoms with Crippen molar-refractivity contribution in [1.29, 1.82) is 0 Å². The highest BCUT2D eigenvalue weighted by Crippen LogP contribution is 2.35. The molecule has 30 heavy (non-hydrogen) atoms. The number of benzene rings is 1. The summed E-state index contributed by atoms with van der Waals surface area (Å²) in [7, 11) is 1.66. The van der Waals surface area contributed by atoms with Gasteiger partial charge >= 0.3 is 0 Å². The summed E-state index contributed by atoms with van der Waals surface area (Å²) in [6, 6.07) is 11.5. The largest absolute Gasteiger partial charge is 0.373 e. The van der Waals surface area contributed by atoms with E-state index in [9.17, 15) is 9.90 Å². The van der Waals surface area contributed by atoms with Crippen molar-refractivity contribution in [3.63, 3.8) is 0 Å².